The molecule has 1 N–H and O–H groups in total. The quantitative estimate of drug-likeness (QED) is 0.467. The fraction of sp³-hybridized carbons (Fsp3) is 0.273. The van der Waals surface area contributed by atoms with E-state index in [2.05, 4.69) is 14.7 Å². The van der Waals surface area contributed by atoms with Gasteiger partial charge < -0.3 is 4.74 Å². The van der Waals surface area contributed by atoms with Crippen molar-refractivity contribution in [3.05, 3.63) is 67.9 Å². The van der Waals surface area contributed by atoms with E-state index < -0.39 is 23.5 Å². The number of aromatic nitrogens is 2. The van der Waals surface area contributed by atoms with Crippen molar-refractivity contribution in [2.24, 2.45) is 0 Å². The number of nitrogens with zero attached hydrogens (tertiary/aromatic N) is 2. The van der Waals surface area contributed by atoms with E-state index in [4.69, 9.17) is 27.9 Å². The van der Waals surface area contributed by atoms with Gasteiger partial charge in [0, 0.05) is 12.5 Å². The molecule has 0 spiro atoms. The zero-order valence-electron chi connectivity index (χ0n) is 17.2. The van der Waals surface area contributed by atoms with E-state index in [0.717, 1.165) is 0 Å². The van der Waals surface area contributed by atoms with E-state index in [1.54, 1.807) is 12.1 Å². The molecule has 1 saturated carbocycles. The second-order valence-electron chi connectivity index (χ2n) is 8.13. The van der Waals surface area contributed by atoms with Gasteiger partial charge >= 0.3 is 5.76 Å². The molecule has 1 amide bonds. The summed E-state index contributed by atoms with van der Waals surface area (Å²) in [4.78, 5) is 39.1. The first-order valence-electron chi connectivity index (χ1n) is 10.2. The van der Waals surface area contributed by atoms with Crippen LogP contribution in [-0.2, 0) is 17.6 Å². The number of alkyl halides is 2. The van der Waals surface area contributed by atoms with Gasteiger partial charge in [0.2, 0.25) is 17.5 Å². The van der Waals surface area contributed by atoms with Crippen LogP contribution in [0.2, 0.25) is 10.0 Å². The molecule has 0 bridgehead atoms. The number of benzene rings is 2. The van der Waals surface area contributed by atoms with Crippen molar-refractivity contribution in [2.45, 2.75) is 37.6 Å². The molecule has 34 heavy (non-hydrogen) atoms. The number of aromatic amines is 1. The van der Waals surface area contributed by atoms with Crippen LogP contribution in [0.4, 0.5) is 14.5 Å². The number of hydrogen-bond donors (Lipinski definition) is 1. The van der Waals surface area contributed by atoms with E-state index in [1.165, 1.54) is 23.1 Å². The molecule has 8 nitrogen and oxygen atoms in total. The lowest BCUT2D eigenvalue weighted by atomic mass is 10.1. The summed E-state index contributed by atoms with van der Waals surface area (Å²) in [7, 11) is 0. The molecule has 2 aliphatic rings. The number of rotatable bonds is 7. The molecule has 0 radical (unpaired) electrons. The third kappa shape index (κ3) is 3.86. The third-order valence-electron chi connectivity index (χ3n) is 5.85. The largest absolute Gasteiger partial charge is 0.454 e. The molecular weight excluding hydrogens is 495 g/mol. The summed E-state index contributed by atoms with van der Waals surface area (Å²) in [6.45, 7) is 0. The Kier molecular flexibility index (Phi) is 5.44. The Labute approximate surface area is 200 Å². The van der Waals surface area contributed by atoms with Crippen LogP contribution < -0.4 is 15.4 Å². The molecule has 2 heterocycles. The molecule has 12 heteroatoms. The molecular formula is C22H15Cl2F2N3O5. The molecule has 176 valence electrons. The van der Waals surface area contributed by atoms with Crippen molar-refractivity contribution in [1.29, 1.82) is 0 Å². The summed E-state index contributed by atoms with van der Waals surface area (Å²) >= 11 is 12.7. The highest BCUT2D eigenvalue weighted by Crippen LogP contribution is 2.52. The summed E-state index contributed by atoms with van der Waals surface area (Å²) in [5.41, 5.74) is 0.00517. The highest BCUT2D eigenvalue weighted by molar-refractivity contribution is 6.37. The van der Waals surface area contributed by atoms with Crippen LogP contribution in [0.5, 0.6) is 11.5 Å². The smallest absolute Gasteiger partial charge is 0.439 e. The first kappa shape index (κ1) is 22.5. The van der Waals surface area contributed by atoms with E-state index in [1.807, 2.05) is 0 Å². The number of hydrogen-bond acceptors (Lipinski definition) is 6. The monoisotopic (exact) mass is 509 g/mol. The van der Waals surface area contributed by atoms with Crippen LogP contribution in [0.3, 0.4) is 0 Å². The summed E-state index contributed by atoms with van der Waals surface area (Å²) in [5, 5.41) is 3.55. The van der Waals surface area contributed by atoms with Gasteiger partial charge in [-0.1, -0.05) is 34.4 Å². The fourth-order valence-electron chi connectivity index (χ4n) is 4.05. The minimum atomic E-state index is -2.65. The van der Waals surface area contributed by atoms with Crippen LogP contribution in [-0.4, -0.2) is 33.8 Å². The van der Waals surface area contributed by atoms with Crippen LogP contribution in [0.25, 0.3) is 0 Å². The number of halogens is 4. The zero-order valence-corrected chi connectivity index (χ0v) is 18.8. The van der Waals surface area contributed by atoms with Gasteiger partial charge in [0.1, 0.15) is 11.3 Å². The number of ketones is 1. The molecule has 2 aromatic carbocycles. The summed E-state index contributed by atoms with van der Waals surface area (Å²) in [6, 6.07) is 7.71. The Morgan fingerprint density at radius 2 is 1.91 bits per heavy atom. The van der Waals surface area contributed by atoms with Crippen LogP contribution in [0.1, 0.15) is 34.6 Å². The Bertz CT molecular complexity index is 1360. The van der Waals surface area contributed by atoms with Crippen molar-refractivity contribution in [2.75, 3.05) is 4.90 Å². The SMILES string of the molecule is O=C(Cc1cc(Cl)c(Oc2ccc3c(c2)N(C2(C(F)F)CC2)C(=O)C3)c(Cl)c1)c1noc(=O)[nH]1. The maximum absolute atomic E-state index is 13.7. The average molecular weight is 510 g/mol. The van der Waals surface area contributed by atoms with Crippen LogP contribution >= 0.6 is 23.2 Å². The number of fused-ring (bicyclic) bond motifs is 1. The van der Waals surface area contributed by atoms with Gasteiger partial charge in [-0.15, -0.1) is 0 Å². The van der Waals surface area contributed by atoms with Crippen molar-refractivity contribution in [3.8, 4) is 11.5 Å². The Balaban J connectivity index is 1.39. The molecule has 0 saturated heterocycles. The lowest BCUT2D eigenvalue weighted by molar-refractivity contribution is -0.118. The Hall–Kier alpha value is -3.24. The summed E-state index contributed by atoms with van der Waals surface area (Å²) in [5.74, 6) is -1.60. The standard InChI is InChI=1S/C22H15Cl2F2N3O5/c23-13-5-10(7-16(30)19-27-21(32)34-28-19)6-14(24)18(13)33-12-2-1-11-8-17(31)29(15(11)9-12)22(3-4-22)20(25)26/h1-2,5-6,9,20H,3-4,7-8H2,(H,27,28,32). The fourth-order valence-corrected chi connectivity index (χ4v) is 4.66. The maximum Gasteiger partial charge on any atom is 0.439 e. The van der Waals surface area contributed by atoms with E-state index in [9.17, 15) is 23.2 Å². The molecule has 1 aliphatic carbocycles. The number of carbonyl (C=O) groups is 2. The minimum absolute atomic E-state index is 0.0467. The number of Topliss-reactive ketones (excluding diaryl/α,β-unsaturated/α-hetero) is 1. The second kappa shape index (κ2) is 8.21. The highest BCUT2D eigenvalue weighted by atomic mass is 35.5. The van der Waals surface area contributed by atoms with Crippen molar-refractivity contribution in [3.63, 3.8) is 0 Å². The van der Waals surface area contributed by atoms with Crippen molar-refractivity contribution in [1.82, 2.24) is 10.1 Å². The van der Waals surface area contributed by atoms with Gasteiger partial charge in [0.25, 0.3) is 6.43 Å². The van der Waals surface area contributed by atoms with Gasteiger partial charge in [0.15, 0.2) is 5.75 Å². The maximum atomic E-state index is 13.7. The predicted octanol–water partition coefficient (Wildman–Crippen LogP) is 4.57. The van der Waals surface area contributed by atoms with Crippen LogP contribution in [0, 0.1) is 0 Å². The molecule has 0 atom stereocenters. The first-order valence-corrected chi connectivity index (χ1v) is 10.9. The van der Waals surface area contributed by atoms with Crippen molar-refractivity contribution < 1.29 is 27.6 Å². The van der Waals surface area contributed by atoms with Gasteiger partial charge in [-0.2, -0.15) is 0 Å². The predicted molar refractivity (Wildman–Crippen MR) is 117 cm³/mol. The lowest BCUT2D eigenvalue weighted by Gasteiger charge is -2.28. The lowest BCUT2D eigenvalue weighted by Crippen LogP contribution is -2.45. The van der Waals surface area contributed by atoms with E-state index in [0.29, 0.717) is 16.8 Å². The molecule has 1 aromatic heterocycles. The number of anilines is 1. The summed E-state index contributed by atoms with van der Waals surface area (Å²) < 4.78 is 37.5. The van der Waals surface area contributed by atoms with Gasteiger partial charge in [-0.05, 0) is 42.2 Å². The molecule has 3 aromatic rings. The topological polar surface area (TPSA) is 106 Å². The number of nitrogens with one attached hydrogen (secondary N) is 1. The summed E-state index contributed by atoms with van der Waals surface area (Å²) in [6.07, 6.45) is -2.29. The minimum Gasteiger partial charge on any atom is -0.454 e. The van der Waals surface area contributed by atoms with Crippen LogP contribution in [0.15, 0.2) is 39.6 Å². The number of H-pyrrole nitrogens is 1. The second-order valence-corrected chi connectivity index (χ2v) is 8.95. The number of carbonyl (C=O) groups excluding carboxylic acids is 2. The first-order chi connectivity index (χ1) is 16.2. The highest BCUT2D eigenvalue weighted by Gasteiger charge is 2.59. The molecule has 1 aliphatic heterocycles. The number of ether oxygens (including phenoxy) is 1. The molecule has 1 fully saturated rings. The Morgan fingerprint density at radius 3 is 2.50 bits per heavy atom. The number of amides is 1. The molecule has 5 rings (SSSR count). The van der Waals surface area contributed by atoms with Gasteiger partial charge in [-0.25, -0.2) is 13.6 Å². The molecule has 0 unspecified atom stereocenters. The van der Waals surface area contributed by atoms with E-state index >= 15 is 0 Å². The zero-order chi connectivity index (χ0) is 24.2. The van der Waals surface area contributed by atoms with E-state index in [-0.39, 0.29) is 59.0 Å². The van der Waals surface area contributed by atoms with Gasteiger partial charge in [0.05, 0.1) is 22.2 Å². The third-order valence-corrected chi connectivity index (χ3v) is 6.41. The van der Waals surface area contributed by atoms with Crippen molar-refractivity contribution >= 4 is 40.6 Å². The normalized spacial score (nSPS) is 16.1. The Morgan fingerprint density at radius 1 is 1.21 bits per heavy atom. The average Bonchev–Trinajstić information content (AvgIpc) is 3.34. The van der Waals surface area contributed by atoms with Gasteiger partial charge in [-0.3, -0.25) is 24.0 Å².